The highest BCUT2D eigenvalue weighted by molar-refractivity contribution is 5.72. The summed E-state index contributed by atoms with van der Waals surface area (Å²) in [6, 6.07) is 0. The SMILES string of the molecule is CCCCC(CC)(OC(=O)C(C)CC(C)(C)C)C(C)C. The van der Waals surface area contributed by atoms with Gasteiger partial charge in [-0.2, -0.15) is 0 Å². The molecule has 0 aromatic rings. The smallest absolute Gasteiger partial charge is 0.309 e. The summed E-state index contributed by atoms with van der Waals surface area (Å²) in [7, 11) is 0. The Labute approximate surface area is 126 Å². The quantitative estimate of drug-likeness (QED) is 0.542. The Balaban J connectivity index is 4.84. The van der Waals surface area contributed by atoms with Crippen LogP contribution in [0.4, 0.5) is 0 Å². The Bertz CT molecular complexity index is 288. The van der Waals surface area contributed by atoms with Crippen LogP contribution in [0.2, 0.25) is 0 Å². The fourth-order valence-corrected chi connectivity index (χ4v) is 2.89. The van der Waals surface area contributed by atoms with E-state index in [9.17, 15) is 4.79 Å². The molecule has 0 aliphatic rings. The van der Waals surface area contributed by atoms with Gasteiger partial charge in [-0.05, 0) is 37.0 Å². The van der Waals surface area contributed by atoms with Gasteiger partial charge in [-0.3, -0.25) is 4.79 Å². The van der Waals surface area contributed by atoms with E-state index in [-0.39, 0.29) is 22.9 Å². The van der Waals surface area contributed by atoms with Gasteiger partial charge in [0, 0.05) is 0 Å². The maximum Gasteiger partial charge on any atom is 0.309 e. The Hall–Kier alpha value is -0.530. The van der Waals surface area contributed by atoms with Gasteiger partial charge >= 0.3 is 5.97 Å². The summed E-state index contributed by atoms with van der Waals surface area (Å²) in [6.07, 6.45) is 5.01. The van der Waals surface area contributed by atoms with Gasteiger partial charge < -0.3 is 4.74 Å². The number of carbonyl (C=O) groups is 1. The van der Waals surface area contributed by atoms with E-state index >= 15 is 0 Å². The molecule has 20 heavy (non-hydrogen) atoms. The zero-order chi connectivity index (χ0) is 16.0. The van der Waals surface area contributed by atoms with Crippen LogP contribution in [0.25, 0.3) is 0 Å². The van der Waals surface area contributed by atoms with Gasteiger partial charge in [0.15, 0.2) is 0 Å². The summed E-state index contributed by atoms with van der Waals surface area (Å²) in [5, 5.41) is 0. The van der Waals surface area contributed by atoms with Crippen molar-refractivity contribution in [3.8, 4) is 0 Å². The second kappa shape index (κ2) is 8.05. The molecular weight excluding hydrogens is 248 g/mol. The second-order valence-electron chi connectivity index (χ2n) is 7.76. The Morgan fingerprint density at radius 3 is 2.00 bits per heavy atom. The molecule has 0 aromatic carbocycles. The molecule has 0 aromatic heterocycles. The molecule has 0 amide bonds. The topological polar surface area (TPSA) is 26.3 Å². The number of rotatable bonds is 8. The first-order chi connectivity index (χ1) is 9.08. The van der Waals surface area contributed by atoms with Crippen molar-refractivity contribution >= 4 is 5.97 Å². The van der Waals surface area contributed by atoms with Gasteiger partial charge in [-0.15, -0.1) is 0 Å². The fourth-order valence-electron chi connectivity index (χ4n) is 2.89. The molecule has 0 rings (SSSR count). The van der Waals surface area contributed by atoms with E-state index in [1.165, 1.54) is 0 Å². The van der Waals surface area contributed by atoms with E-state index in [1.54, 1.807) is 0 Å². The molecule has 120 valence electrons. The van der Waals surface area contributed by atoms with Crippen LogP contribution in [0.3, 0.4) is 0 Å². The molecule has 0 radical (unpaired) electrons. The van der Waals surface area contributed by atoms with Crippen LogP contribution in [0, 0.1) is 17.3 Å². The van der Waals surface area contributed by atoms with Crippen molar-refractivity contribution in [2.24, 2.45) is 17.3 Å². The van der Waals surface area contributed by atoms with E-state index in [1.807, 2.05) is 6.92 Å². The minimum absolute atomic E-state index is 0.0217. The summed E-state index contributed by atoms with van der Waals surface area (Å²) in [6.45, 7) is 17.2. The van der Waals surface area contributed by atoms with Crippen LogP contribution in [-0.2, 0) is 9.53 Å². The summed E-state index contributed by atoms with van der Waals surface area (Å²) < 4.78 is 6.02. The first-order valence-corrected chi connectivity index (χ1v) is 8.30. The number of ether oxygens (including phenoxy) is 1. The van der Waals surface area contributed by atoms with Gasteiger partial charge in [0.25, 0.3) is 0 Å². The van der Waals surface area contributed by atoms with Gasteiger partial charge in [0.1, 0.15) is 5.60 Å². The molecule has 0 spiro atoms. The lowest BCUT2D eigenvalue weighted by molar-refractivity contribution is -0.172. The molecule has 2 atom stereocenters. The Morgan fingerprint density at radius 2 is 1.65 bits per heavy atom. The zero-order valence-corrected chi connectivity index (χ0v) is 15.0. The molecule has 0 aliphatic carbocycles. The maximum atomic E-state index is 12.4. The Morgan fingerprint density at radius 1 is 1.10 bits per heavy atom. The van der Waals surface area contributed by atoms with Crippen LogP contribution >= 0.6 is 0 Å². The highest BCUT2D eigenvalue weighted by atomic mass is 16.6. The molecule has 0 bridgehead atoms. The normalized spacial score (nSPS) is 16.9. The lowest BCUT2D eigenvalue weighted by Gasteiger charge is -2.38. The highest BCUT2D eigenvalue weighted by Gasteiger charge is 2.37. The lowest BCUT2D eigenvalue weighted by Crippen LogP contribution is -2.41. The molecule has 0 heterocycles. The Kier molecular flexibility index (Phi) is 7.83. The highest BCUT2D eigenvalue weighted by Crippen LogP contribution is 2.34. The molecule has 2 unspecified atom stereocenters. The largest absolute Gasteiger partial charge is 0.459 e. The minimum atomic E-state index is -0.279. The van der Waals surface area contributed by atoms with Crippen LogP contribution in [-0.4, -0.2) is 11.6 Å². The van der Waals surface area contributed by atoms with E-state index in [0.29, 0.717) is 5.92 Å². The molecule has 2 nitrogen and oxygen atoms in total. The van der Waals surface area contributed by atoms with Crippen molar-refractivity contribution in [1.82, 2.24) is 0 Å². The molecule has 0 saturated heterocycles. The molecule has 0 N–H and O–H groups in total. The van der Waals surface area contributed by atoms with E-state index in [2.05, 4.69) is 48.5 Å². The van der Waals surface area contributed by atoms with E-state index in [4.69, 9.17) is 4.74 Å². The first-order valence-electron chi connectivity index (χ1n) is 8.30. The van der Waals surface area contributed by atoms with Crippen molar-refractivity contribution in [3.05, 3.63) is 0 Å². The number of unbranched alkanes of at least 4 members (excludes halogenated alkanes) is 1. The van der Waals surface area contributed by atoms with E-state index < -0.39 is 0 Å². The van der Waals surface area contributed by atoms with Crippen LogP contribution in [0.5, 0.6) is 0 Å². The third kappa shape index (κ3) is 6.28. The van der Waals surface area contributed by atoms with Crippen molar-refractivity contribution in [1.29, 1.82) is 0 Å². The number of hydrogen-bond acceptors (Lipinski definition) is 2. The summed E-state index contributed by atoms with van der Waals surface area (Å²) >= 11 is 0. The third-order valence-corrected chi connectivity index (χ3v) is 4.23. The van der Waals surface area contributed by atoms with Crippen molar-refractivity contribution in [3.63, 3.8) is 0 Å². The average Bonchev–Trinajstić information content (AvgIpc) is 2.31. The molecule has 0 aliphatic heterocycles. The van der Waals surface area contributed by atoms with Crippen molar-refractivity contribution in [2.75, 3.05) is 0 Å². The summed E-state index contributed by atoms with van der Waals surface area (Å²) in [4.78, 5) is 12.4. The molecule has 0 saturated carbocycles. The predicted octanol–water partition coefficient (Wildman–Crippen LogP) is 5.60. The molecular formula is C18H36O2. The summed E-state index contributed by atoms with van der Waals surface area (Å²) in [5.74, 6) is 0.317. The fraction of sp³-hybridized carbons (Fsp3) is 0.944. The van der Waals surface area contributed by atoms with Crippen LogP contribution < -0.4 is 0 Å². The maximum absolute atomic E-state index is 12.4. The number of esters is 1. The van der Waals surface area contributed by atoms with Gasteiger partial charge in [-0.1, -0.05) is 61.8 Å². The second-order valence-corrected chi connectivity index (χ2v) is 7.76. The first kappa shape index (κ1) is 19.5. The molecule has 0 fully saturated rings. The van der Waals surface area contributed by atoms with E-state index in [0.717, 1.165) is 32.1 Å². The third-order valence-electron chi connectivity index (χ3n) is 4.23. The summed E-state index contributed by atoms with van der Waals surface area (Å²) in [5.41, 5.74) is -0.117. The molecule has 2 heteroatoms. The monoisotopic (exact) mass is 284 g/mol. The van der Waals surface area contributed by atoms with Crippen LogP contribution in [0.1, 0.15) is 87.5 Å². The van der Waals surface area contributed by atoms with Gasteiger partial charge in [0.2, 0.25) is 0 Å². The lowest BCUT2D eigenvalue weighted by atomic mass is 9.82. The minimum Gasteiger partial charge on any atom is -0.459 e. The standard InChI is InChI=1S/C18H36O2/c1-9-11-12-18(10-2,14(3)4)20-16(19)15(5)13-17(6,7)8/h14-15H,9-13H2,1-8H3. The average molecular weight is 284 g/mol. The van der Waals surface area contributed by atoms with Crippen molar-refractivity contribution in [2.45, 2.75) is 93.1 Å². The van der Waals surface area contributed by atoms with Gasteiger partial charge in [-0.25, -0.2) is 0 Å². The number of carbonyl (C=O) groups excluding carboxylic acids is 1. The van der Waals surface area contributed by atoms with Crippen molar-refractivity contribution < 1.29 is 9.53 Å². The zero-order valence-electron chi connectivity index (χ0n) is 15.0. The number of hydrogen-bond donors (Lipinski definition) is 0. The predicted molar refractivity (Wildman–Crippen MR) is 86.7 cm³/mol. The van der Waals surface area contributed by atoms with Crippen LogP contribution in [0.15, 0.2) is 0 Å². The van der Waals surface area contributed by atoms with Gasteiger partial charge in [0.05, 0.1) is 5.92 Å².